The van der Waals surface area contributed by atoms with Crippen LogP contribution in [0.15, 0.2) is 46.2 Å². The average Bonchev–Trinajstić information content (AvgIpc) is 2.91. The van der Waals surface area contributed by atoms with Gasteiger partial charge in [-0.3, -0.25) is 9.59 Å². The van der Waals surface area contributed by atoms with Gasteiger partial charge in [-0.15, -0.1) is 0 Å². The number of nitrogens with zero attached hydrogens (tertiary/aromatic N) is 2. The maximum absolute atomic E-state index is 13.4. The molecule has 0 aliphatic carbocycles. The van der Waals surface area contributed by atoms with Crippen LogP contribution in [0.25, 0.3) is 0 Å². The molecule has 2 rings (SSSR count). The van der Waals surface area contributed by atoms with Crippen LogP contribution in [-0.4, -0.2) is 94.6 Å². The van der Waals surface area contributed by atoms with Gasteiger partial charge in [0.2, 0.25) is 0 Å². The van der Waals surface area contributed by atoms with E-state index in [2.05, 4.69) is 0 Å². The van der Waals surface area contributed by atoms with Crippen molar-refractivity contribution < 1.29 is 30.0 Å². The molecular formula is C26H34Cl2N2O6S2. The lowest BCUT2D eigenvalue weighted by molar-refractivity contribution is 0.0721. The van der Waals surface area contributed by atoms with E-state index in [0.717, 1.165) is 0 Å². The highest BCUT2D eigenvalue weighted by atomic mass is 35.5. The predicted molar refractivity (Wildman–Crippen MR) is 153 cm³/mol. The fourth-order valence-electron chi connectivity index (χ4n) is 3.59. The molecule has 8 nitrogen and oxygen atoms in total. The Hall–Kier alpha value is -1.50. The Labute approximate surface area is 241 Å². The number of hydrogen-bond donors (Lipinski definition) is 4. The molecule has 0 atom stereocenters. The number of carbonyl (C=O) groups excluding carboxylic acids is 2. The minimum atomic E-state index is -0.242. The molecule has 2 aromatic carbocycles. The Morgan fingerprint density at radius 1 is 0.605 bits per heavy atom. The summed E-state index contributed by atoms with van der Waals surface area (Å²) >= 11 is 12.5. The van der Waals surface area contributed by atoms with Gasteiger partial charge in [-0.2, -0.15) is 0 Å². The highest BCUT2D eigenvalue weighted by Gasteiger charge is 2.22. The fourth-order valence-corrected chi connectivity index (χ4v) is 6.45. The number of halogens is 2. The van der Waals surface area contributed by atoms with Crippen LogP contribution in [0, 0.1) is 0 Å². The van der Waals surface area contributed by atoms with Gasteiger partial charge in [0.25, 0.3) is 11.8 Å². The normalized spacial score (nSPS) is 11.0. The molecule has 0 aliphatic rings. The van der Waals surface area contributed by atoms with Crippen LogP contribution in [0.3, 0.4) is 0 Å². The highest BCUT2D eigenvalue weighted by Crippen LogP contribution is 2.42. The zero-order valence-electron chi connectivity index (χ0n) is 21.0. The van der Waals surface area contributed by atoms with E-state index in [0.29, 0.717) is 82.8 Å². The smallest absolute Gasteiger partial charge is 0.255 e. The van der Waals surface area contributed by atoms with Gasteiger partial charge in [0.1, 0.15) is 0 Å². The minimum absolute atomic E-state index is 0.0554. The molecular weight excluding hydrogens is 571 g/mol. The van der Waals surface area contributed by atoms with Gasteiger partial charge >= 0.3 is 0 Å². The molecule has 0 saturated carbocycles. The third-order valence-corrected chi connectivity index (χ3v) is 8.40. The van der Waals surface area contributed by atoms with E-state index in [-0.39, 0.29) is 38.2 Å². The number of aliphatic hydroxyl groups excluding tert-OH is 4. The monoisotopic (exact) mass is 604 g/mol. The Morgan fingerprint density at radius 3 is 1.21 bits per heavy atom. The zero-order valence-corrected chi connectivity index (χ0v) is 24.2. The Kier molecular flexibility index (Phi) is 15.5. The fraction of sp³-hybridized carbons (Fsp3) is 0.462. The van der Waals surface area contributed by atoms with Crippen LogP contribution in [0.4, 0.5) is 0 Å². The van der Waals surface area contributed by atoms with Gasteiger partial charge < -0.3 is 30.2 Å². The van der Waals surface area contributed by atoms with E-state index >= 15 is 0 Å². The van der Waals surface area contributed by atoms with Crippen molar-refractivity contribution in [2.24, 2.45) is 0 Å². The van der Waals surface area contributed by atoms with Crippen LogP contribution in [0.2, 0.25) is 10.0 Å². The summed E-state index contributed by atoms with van der Waals surface area (Å²) in [5, 5.41) is 37.9. The van der Waals surface area contributed by atoms with E-state index in [9.17, 15) is 30.0 Å². The molecule has 0 bridgehead atoms. The lowest BCUT2D eigenvalue weighted by Crippen LogP contribution is -2.34. The number of rotatable bonds is 17. The van der Waals surface area contributed by atoms with Crippen LogP contribution >= 0.6 is 44.8 Å². The second-order valence-electron chi connectivity index (χ2n) is 8.34. The number of carbonyl (C=O) groups is 2. The molecule has 38 heavy (non-hydrogen) atoms. The summed E-state index contributed by atoms with van der Waals surface area (Å²) < 4.78 is 0. The second kappa shape index (κ2) is 18.0. The molecule has 0 unspecified atom stereocenters. The lowest BCUT2D eigenvalue weighted by atomic mass is 10.2. The van der Waals surface area contributed by atoms with Gasteiger partial charge in [0.15, 0.2) is 0 Å². The molecule has 0 spiro atoms. The molecule has 210 valence electrons. The quantitative estimate of drug-likeness (QED) is 0.198. The van der Waals surface area contributed by atoms with E-state index in [4.69, 9.17) is 23.2 Å². The minimum Gasteiger partial charge on any atom is -0.396 e. The molecule has 2 amide bonds. The summed E-state index contributed by atoms with van der Waals surface area (Å²) in [6, 6.07) is 9.93. The van der Waals surface area contributed by atoms with Crippen LogP contribution in [-0.2, 0) is 0 Å². The van der Waals surface area contributed by atoms with E-state index < -0.39 is 0 Å². The Balaban J connectivity index is 2.33. The van der Waals surface area contributed by atoms with Crippen LogP contribution in [0.1, 0.15) is 46.4 Å². The van der Waals surface area contributed by atoms with Gasteiger partial charge in [-0.05, 0) is 62.1 Å². The number of benzene rings is 2. The van der Waals surface area contributed by atoms with Gasteiger partial charge in [-0.25, -0.2) is 0 Å². The number of aliphatic hydroxyl groups is 4. The van der Waals surface area contributed by atoms with Gasteiger partial charge in [0, 0.05) is 72.4 Å². The predicted octanol–water partition coefficient (Wildman–Crippen LogP) is 4.21. The summed E-state index contributed by atoms with van der Waals surface area (Å²) in [7, 11) is 2.54. The summed E-state index contributed by atoms with van der Waals surface area (Å²) in [4.78, 5) is 31.2. The molecule has 12 heteroatoms. The van der Waals surface area contributed by atoms with Crippen molar-refractivity contribution in [3.63, 3.8) is 0 Å². The van der Waals surface area contributed by atoms with Crippen LogP contribution in [0.5, 0.6) is 0 Å². The van der Waals surface area contributed by atoms with Crippen molar-refractivity contribution in [3.8, 4) is 0 Å². The first kappa shape index (κ1) is 32.7. The first-order valence-electron chi connectivity index (χ1n) is 12.3. The SMILES string of the molecule is O=C(c1ccc(Cl)cc1SSc1cc(Cl)ccc1C(=O)N(CCCO)CCCO)N(CCCO)CCCO. The largest absolute Gasteiger partial charge is 0.396 e. The Morgan fingerprint density at radius 2 is 0.921 bits per heavy atom. The van der Waals surface area contributed by atoms with Gasteiger partial charge in [0.05, 0.1) is 11.1 Å². The maximum atomic E-state index is 13.4. The third-order valence-electron chi connectivity index (χ3n) is 5.49. The van der Waals surface area contributed by atoms with E-state index in [1.54, 1.807) is 46.2 Å². The number of amides is 2. The molecule has 0 fully saturated rings. The van der Waals surface area contributed by atoms with Crippen molar-refractivity contribution in [3.05, 3.63) is 57.6 Å². The molecule has 2 aromatic rings. The van der Waals surface area contributed by atoms with Crippen LogP contribution < -0.4 is 0 Å². The molecule has 0 aliphatic heterocycles. The second-order valence-corrected chi connectivity index (χ2v) is 11.4. The van der Waals surface area contributed by atoms with Crippen molar-refractivity contribution in [1.82, 2.24) is 9.80 Å². The molecule has 0 heterocycles. The standard InChI is InChI=1S/C26H34Cl2N2O6S2/c27-19-5-7-21(25(35)29(9-1-13-31)10-2-14-32)23(17-19)37-38-24-18-20(28)6-8-22(24)26(36)30(11-3-15-33)12-4-16-34/h5-8,17-18,31-34H,1-4,9-16H2. The highest BCUT2D eigenvalue weighted by molar-refractivity contribution is 8.76. The lowest BCUT2D eigenvalue weighted by Gasteiger charge is -2.24. The summed E-state index contributed by atoms with van der Waals surface area (Å²) in [6.07, 6.45) is 1.66. The summed E-state index contributed by atoms with van der Waals surface area (Å²) in [5.41, 5.74) is 0.843. The summed E-state index contributed by atoms with van der Waals surface area (Å²) in [6.45, 7) is 1.17. The van der Waals surface area contributed by atoms with E-state index in [1.165, 1.54) is 21.6 Å². The topological polar surface area (TPSA) is 122 Å². The molecule has 0 radical (unpaired) electrons. The molecule has 4 N–H and O–H groups in total. The zero-order chi connectivity index (χ0) is 27.9. The third kappa shape index (κ3) is 10.2. The average molecular weight is 606 g/mol. The number of hydrogen-bond acceptors (Lipinski definition) is 8. The van der Waals surface area contributed by atoms with Crippen molar-refractivity contribution in [2.75, 3.05) is 52.6 Å². The van der Waals surface area contributed by atoms with Crippen molar-refractivity contribution >= 4 is 56.6 Å². The Bertz CT molecular complexity index is 949. The maximum Gasteiger partial charge on any atom is 0.255 e. The summed E-state index contributed by atoms with van der Waals surface area (Å²) in [5.74, 6) is -0.485. The molecule has 0 aromatic heterocycles. The van der Waals surface area contributed by atoms with Gasteiger partial charge in [-0.1, -0.05) is 44.8 Å². The molecule has 0 saturated heterocycles. The van der Waals surface area contributed by atoms with E-state index in [1.807, 2.05) is 0 Å². The van der Waals surface area contributed by atoms with Crippen molar-refractivity contribution in [1.29, 1.82) is 0 Å². The van der Waals surface area contributed by atoms with Crippen molar-refractivity contribution in [2.45, 2.75) is 35.5 Å². The first-order valence-corrected chi connectivity index (χ1v) is 15.2. The first-order chi connectivity index (χ1) is 18.4.